The number of hydrogen-bond acceptors (Lipinski definition) is 5. The van der Waals surface area contributed by atoms with E-state index in [0.29, 0.717) is 36.0 Å². The Bertz CT molecular complexity index is 1140. The average molecular weight is 493 g/mol. The first-order chi connectivity index (χ1) is 14.3. The molecule has 1 aromatic carbocycles. The molecule has 4 rings (SSSR count). The molecule has 0 bridgehead atoms. The van der Waals surface area contributed by atoms with Gasteiger partial charge in [-0.25, -0.2) is 9.50 Å². The van der Waals surface area contributed by atoms with E-state index in [1.54, 1.807) is 15.5 Å². The Hall–Kier alpha value is -2.16. The highest BCUT2D eigenvalue weighted by Gasteiger charge is 2.31. The van der Waals surface area contributed by atoms with Gasteiger partial charge < -0.3 is 14.5 Å². The second kappa shape index (κ2) is 8.17. The first kappa shape index (κ1) is 21.1. The SMILES string of the molecule is Cc1nc2c3c(nn2c(C)c1Cl)CN(C(=O)c1ccc(Br)cc1OCCN(C)C)C3. The van der Waals surface area contributed by atoms with E-state index in [2.05, 4.69) is 26.0 Å². The largest absolute Gasteiger partial charge is 0.491 e. The Labute approximate surface area is 188 Å². The minimum absolute atomic E-state index is 0.0825. The zero-order valence-corrected chi connectivity index (χ0v) is 19.7. The number of ether oxygens (including phenoxy) is 1. The molecule has 0 spiro atoms. The van der Waals surface area contributed by atoms with Crippen LogP contribution in [0.5, 0.6) is 5.75 Å². The summed E-state index contributed by atoms with van der Waals surface area (Å²) in [6, 6.07) is 5.49. The number of aryl methyl sites for hydroxylation is 2. The second-order valence-corrected chi connectivity index (χ2v) is 9.00. The molecule has 0 fully saturated rings. The molecular weight excluding hydrogens is 470 g/mol. The van der Waals surface area contributed by atoms with Crippen molar-refractivity contribution < 1.29 is 9.53 Å². The van der Waals surface area contributed by atoms with Gasteiger partial charge in [0.2, 0.25) is 0 Å². The van der Waals surface area contributed by atoms with Crippen molar-refractivity contribution in [3.8, 4) is 5.75 Å². The summed E-state index contributed by atoms with van der Waals surface area (Å²) in [6.45, 7) is 5.96. The maximum atomic E-state index is 13.3. The van der Waals surface area contributed by atoms with E-state index in [1.165, 1.54) is 0 Å². The van der Waals surface area contributed by atoms with Crippen molar-refractivity contribution in [2.45, 2.75) is 26.9 Å². The zero-order chi connectivity index (χ0) is 21.6. The number of aromatic nitrogens is 3. The van der Waals surface area contributed by atoms with Gasteiger partial charge in [0.25, 0.3) is 5.91 Å². The summed E-state index contributed by atoms with van der Waals surface area (Å²) in [5.41, 5.74) is 4.75. The third-order valence-corrected chi connectivity index (χ3v) is 6.25. The van der Waals surface area contributed by atoms with Crippen LogP contribution in [0, 0.1) is 13.8 Å². The van der Waals surface area contributed by atoms with E-state index in [9.17, 15) is 4.79 Å². The molecule has 0 unspecified atom stereocenters. The lowest BCUT2D eigenvalue weighted by atomic mass is 10.1. The monoisotopic (exact) mass is 491 g/mol. The fourth-order valence-corrected chi connectivity index (χ4v) is 4.02. The smallest absolute Gasteiger partial charge is 0.258 e. The average Bonchev–Trinajstić information content (AvgIpc) is 3.25. The normalized spacial score (nSPS) is 13.4. The van der Waals surface area contributed by atoms with Gasteiger partial charge in [0.05, 0.1) is 40.8 Å². The van der Waals surface area contributed by atoms with Gasteiger partial charge >= 0.3 is 0 Å². The quantitative estimate of drug-likeness (QED) is 0.541. The van der Waals surface area contributed by atoms with E-state index in [1.807, 2.05) is 45.0 Å². The fourth-order valence-electron chi connectivity index (χ4n) is 3.56. The van der Waals surface area contributed by atoms with Crippen molar-refractivity contribution in [3.63, 3.8) is 0 Å². The highest BCUT2D eigenvalue weighted by atomic mass is 79.9. The van der Waals surface area contributed by atoms with E-state index in [4.69, 9.17) is 16.3 Å². The summed E-state index contributed by atoms with van der Waals surface area (Å²) in [4.78, 5) is 21.7. The molecule has 0 atom stereocenters. The molecule has 0 saturated heterocycles. The topological polar surface area (TPSA) is 63.0 Å². The first-order valence-corrected chi connectivity index (χ1v) is 10.8. The van der Waals surface area contributed by atoms with Crippen LogP contribution in [0.15, 0.2) is 22.7 Å². The molecule has 1 aliphatic rings. The van der Waals surface area contributed by atoms with Gasteiger partial charge in [-0.15, -0.1) is 0 Å². The summed E-state index contributed by atoms with van der Waals surface area (Å²) in [5.74, 6) is 0.493. The summed E-state index contributed by atoms with van der Waals surface area (Å²) in [6.07, 6.45) is 0. The number of fused-ring (bicyclic) bond motifs is 3. The van der Waals surface area contributed by atoms with Gasteiger partial charge in [0.15, 0.2) is 5.65 Å². The molecule has 0 aliphatic carbocycles. The highest BCUT2D eigenvalue weighted by molar-refractivity contribution is 9.10. The number of rotatable bonds is 5. The van der Waals surface area contributed by atoms with Crippen LogP contribution < -0.4 is 4.74 Å². The van der Waals surface area contributed by atoms with Crippen LogP contribution in [0.3, 0.4) is 0 Å². The molecule has 0 saturated carbocycles. The van der Waals surface area contributed by atoms with Gasteiger partial charge in [0, 0.05) is 16.6 Å². The molecule has 9 heteroatoms. The maximum Gasteiger partial charge on any atom is 0.258 e. The Kier molecular flexibility index (Phi) is 5.74. The van der Waals surface area contributed by atoms with Crippen molar-refractivity contribution in [2.75, 3.05) is 27.2 Å². The number of hydrogen-bond donors (Lipinski definition) is 0. The lowest BCUT2D eigenvalue weighted by Gasteiger charge is -2.19. The van der Waals surface area contributed by atoms with Crippen LogP contribution in [0.4, 0.5) is 0 Å². The number of amides is 1. The Balaban J connectivity index is 1.60. The molecule has 0 N–H and O–H groups in total. The van der Waals surface area contributed by atoms with Gasteiger partial charge in [-0.05, 0) is 46.1 Å². The standard InChI is InChI=1S/C21H23BrClN5O2/c1-12-19(23)13(2)28-20(24-12)16-10-27(11-17(16)25-28)21(29)15-6-5-14(22)9-18(15)30-8-7-26(3)4/h5-6,9H,7-8,10-11H2,1-4H3. The third kappa shape index (κ3) is 3.79. The van der Waals surface area contributed by atoms with Crippen LogP contribution in [-0.2, 0) is 13.1 Å². The van der Waals surface area contributed by atoms with E-state index >= 15 is 0 Å². The predicted octanol–water partition coefficient (Wildman–Crippen LogP) is 3.86. The zero-order valence-electron chi connectivity index (χ0n) is 17.4. The number of nitrogens with zero attached hydrogens (tertiary/aromatic N) is 5. The molecule has 158 valence electrons. The van der Waals surface area contributed by atoms with Crippen molar-refractivity contribution in [2.24, 2.45) is 0 Å². The van der Waals surface area contributed by atoms with E-state index in [-0.39, 0.29) is 5.91 Å². The predicted molar refractivity (Wildman–Crippen MR) is 119 cm³/mol. The highest BCUT2D eigenvalue weighted by Crippen LogP contribution is 2.32. The minimum Gasteiger partial charge on any atom is -0.491 e. The van der Waals surface area contributed by atoms with Crippen LogP contribution in [-0.4, -0.2) is 57.6 Å². The fraction of sp³-hybridized carbons (Fsp3) is 0.381. The maximum absolute atomic E-state index is 13.3. The number of carbonyl (C=O) groups is 1. The number of likely N-dealkylation sites (N-methyl/N-ethyl adjacent to an activating group) is 1. The Morgan fingerprint density at radius 1 is 1.30 bits per heavy atom. The van der Waals surface area contributed by atoms with E-state index < -0.39 is 0 Å². The van der Waals surface area contributed by atoms with Crippen LogP contribution >= 0.6 is 27.5 Å². The van der Waals surface area contributed by atoms with Crippen molar-refractivity contribution >= 4 is 39.1 Å². The molecule has 0 radical (unpaired) electrons. The van der Waals surface area contributed by atoms with Crippen molar-refractivity contribution in [1.29, 1.82) is 0 Å². The summed E-state index contributed by atoms with van der Waals surface area (Å²) in [7, 11) is 3.97. The first-order valence-electron chi connectivity index (χ1n) is 9.65. The Morgan fingerprint density at radius 3 is 2.80 bits per heavy atom. The summed E-state index contributed by atoms with van der Waals surface area (Å²) >= 11 is 9.79. The number of benzene rings is 1. The van der Waals surface area contributed by atoms with Crippen LogP contribution in [0.1, 0.15) is 33.0 Å². The van der Waals surface area contributed by atoms with Gasteiger partial charge in [-0.2, -0.15) is 5.10 Å². The number of halogens is 2. The lowest BCUT2D eigenvalue weighted by molar-refractivity contribution is 0.0745. The van der Waals surface area contributed by atoms with Gasteiger partial charge in [-0.1, -0.05) is 27.5 Å². The van der Waals surface area contributed by atoms with Crippen LogP contribution in [0.25, 0.3) is 5.65 Å². The molecule has 7 nitrogen and oxygen atoms in total. The van der Waals surface area contributed by atoms with Gasteiger partial charge in [-0.3, -0.25) is 4.79 Å². The molecule has 30 heavy (non-hydrogen) atoms. The summed E-state index contributed by atoms with van der Waals surface area (Å²) < 4.78 is 8.56. The summed E-state index contributed by atoms with van der Waals surface area (Å²) in [5, 5.41) is 5.27. The Morgan fingerprint density at radius 2 is 2.07 bits per heavy atom. The number of carbonyl (C=O) groups excluding carboxylic acids is 1. The minimum atomic E-state index is -0.0825. The van der Waals surface area contributed by atoms with Gasteiger partial charge in [0.1, 0.15) is 12.4 Å². The van der Waals surface area contributed by atoms with Crippen molar-refractivity contribution in [3.05, 3.63) is 55.9 Å². The molecular formula is C21H23BrClN5O2. The molecule has 1 aliphatic heterocycles. The van der Waals surface area contributed by atoms with Crippen LogP contribution in [0.2, 0.25) is 5.02 Å². The molecule has 3 heterocycles. The van der Waals surface area contributed by atoms with E-state index in [0.717, 1.165) is 39.3 Å². The molecule has 1 amide bonds. The second-order valence-electron chi connectivity index (χ2n) is 7.71. The lowest BCUT2D eigenvalue weighted by Crippen LogP contribution is -2.27. The third-order valence-electron chi connectivity index (χ3n) is 5.21. The van der Waals surface area contributed by atoms with Crippen molar-refractivity contribution in [1.82, 2.24) is 24.4 Å². The molecule has 2 aromatic heterocycles. The molecule has 3 aromatic rings.